The van der Waals surface area contributed by atoms with E-state index in [9.17, 15) is 10.2 Å². The van der Waals surface area contributed by atoms with Gasteiger partial charge in [-0.15, -0.1) is 0 Å². The lowest BCUT2D eigenvalue weighted by Gasteiger charge is -2.18. The van der Waals surface area contributed by atoms with Crippen LogP contribution in [-0.4, -0.2) is 23.8 Å². The number of hydrogen-bond acceptors (Lipinski definition) is 6. The topological polar surface area (TPSA) is 77.4 Å². The summed E-state index contributed by atoms with van der Waals surface area (Å²) in [6.45, 7) is 3.84. The quantitative estimate of drug-likeness (QED) is 0.173. The molecule has 0 saturated carbocycles. The highest BCUT2D eigenvalue weighted by atomic mass is 16.7. The normalized spacial score (nSPS) is 11.0. The number of hydrogen-bond donors (Lipinski definition) is 2. The maximum absolute atomic E-state index is 11.6. The van der Waals surface area contributed by atoms with Gasteiger partial charge in [0, 0.05) is 32.7 Å². The maximum Gasteiger partial charge on any atom is 0.230 e. The van der Waals surface area contributed by atoms with Crippen molar-refractivity contribution in [2.75, 3.05) is 13.6 Å². The minimum atomic E-state index is -0.0364. The molecule has 2 N–H and O–H groups in total. The standard InChI is InChI=1S/C36H30O6/c1-23-13-15-27-29(17-23)35(37)31(19-33(27)41-21-39-25-9-5-3-6-10-25)32-20-34(42-22-40-26-11-7-4-8-12-26)28-16-14-24(2)18-30(28)36(32)38/h3-20,37-38H,21-22H2,1-2H3. The van der Waals surface area contributed by atoms with Crippen molar-refractivity contribution in [2.24, 2.45) is 0 Å². The van der Waals surface area contributed by atoms with Crippen LogP contribution in [0.15, 0.2) is 109 Å². The van der Waals surface area contributed by atoms with Crippen molar-refractivity contribution >= 4 is 21.5 Å². The van der Waals surface area contributed by atoms with Crippen molar-refractivity contribution in [3.63, 3.8) is 0 Å². The molecule has 0 atom stereocenters. The lowest BCUT2D eigenvalue weighted by molar-refractivity contribution is 0.121. The Morgan fingerprint density at radius 3 is 1.26 bits per heavy atom. The molecule has 210 valence electrons. The summed E-state index contributed by atoms with van der Waals surface area (Å²) < 4.78 is 23.8. The van der Waals surface area contributed by atoms with Crippen LogP contribution in [0.2, 0.25) is 0 Å². The molecule has 6 aromatic carbocycles. The first kappa shape index (κ1) is 26.8. The van der Waals surface area contributed by atoms with E-state index in [4.69, 9.17) is 18.9 Å². The van der Waals surface area contributed by atoms with Crippen LogP contribution in [0.3, 0.4) is 0 Å². The smallest absolute Gasteiger partial charge is 0.230 e. The van der Waals surface area contributed by atoms with Gasteiger partial charge in [-0.05, 0) is 62.4 Å². The van der Waals surface area contributed by atoms with Crippen LogP contribution in [-0.2, 0) is 0 Å². The molecule has 0 spiro atoms. The first-order valence-electron chi connectivity index (χ1n) is 13.6. The van der Waals surface area contributed by atoms with Crippen LogP contribution in [0.5, 0.6) is 34.5 Å². The zero-order valence-corrected chi connectivity index (χ0v) is 23.3. The van der Waals surface area contributed by atoms with Crippen LogP contribution < -0.4 is 18.9 Å². The van der Waals surface area contributed by atoms with Gasteiger partial charge in [-0.2, -0.15) is 0 Å². The van der Waals surface area contributed by atoms with Crippen molar-refractivity contribution < 1.29 is 29.2 Å². The molecule has 6 heteroatoms. The molecule has 0 heterocycles. The van der Waals surface area contributed by atoms with E-state index in [2.05, 4.69) is 0 Å². The molecule has 0 aliphatic carbocycles. The largest absolute Gasteiger partial charge is 0.507 e. The van der Waals surface area contributed by atoms with Gasteiger partial charge in [0.15, 0.2) is 0 Å². The fourth-order valence-corrected chi connectivity index (χ4v) is 4.99. The maximum atomic E-state index is 11.6. The van der Waals surface area contributed by atoms with Gasteiger partial charge in [-0.25, -0.2) is 0 Å². The first-order valence-corrected chi connectivity index (χ1v) is 13.6. The average Bonchev–Trinajstić information content (AvgIpc) is 3.01. The summed E-state index contributed by atoms with van der Waals surface area (Å²) in [6, 6.07) is 33.8. The van der Waals surface area contributed by atoms with Gasteiger partial charge >= 0.3 is 0 Å². The van der Waals surface area contributed by atoms with Gasteiger partial charge in [0.25, 0.3) is 0 Å². The second-order valence-corrected chi connectivity index (χ2v) is 10.1. The third kappa shape index (κ3) is 5.47. The molecule has 6 rings (SSSR count). The molecule has 0 amide bonds. The number of fused-ring (bicyclic) bond motifs is 2. The summed E-state index contributed by atoms with van der Waals surface area (Å²) in [7, 11) is 0. The molecule has 0 aliphatic heterocycles. The second kappa shape index (κ2) is 11.6. The van der Waals surface area contributed by atoms with Crippen LogP contribution in [0.25, 0.3) is 32.7 Å². The Morgan fingerprint density at radius 1 is 0.452 bits per heavy atom. The van der Waals surface area contributed by atoms with Gasteiger partial charge in [0.05, 0.1) is 0 Å². The highest BCUT2D eigenvalue weighted by Gasteiger charge is 2.21. The molecule has 0 bridgehead atoms. The van der Waals surface area contributed by atoms with Gasteiger partial charge in [0.1, 0.15) is 34.5 Å². The average molecular weight is 559 g/mol. The Hall–Kier alpha value is -5.36. The molecule has 0 radical (unpaired) electrons. The zero-order chi connectivity index (χ0) is 29.1. The van der Waals surface area contributed by atoms with Gasteiger partial charge in [0.2, 0.25) is 13.6 Å². The number of benzene rings is 6. The molecule has 0 aliphatic rings. The molecule has 42 heavy (non-hydrogen) atoms. The van der Waals surface area contributed by atoms with E-state index in [-0.39, 0.29) is 25.1 Å². The monoisotopic (exact) mass is 558 g/mol. The van der Waals surface area contributed by atoms with Gasteiger partial charge in [-0.3, -0.25) is 0 Å². The summed E-state index contributed by atoms with van der Waals surface area (Å²) >= 11 is 0. The number of aryl methyl sites for hydroxylation is 2. The van der Waals surface area contributed by atoms with Crippen molar-refractivity contribution in [1.82, 2.24) is 0 Å². The van der Waals surface area contributed by atoms with Crippen molar-refractivity contribution in [3.05, 3.63) is 120 Å². The lowest BCUT2D eigenvalue weighted by Crippen LogP contribution is -2.06. The van der Waals surface area contributed by atoms with E-state index in [1.54, 1.807) is 12.1 Å². The minimum absolute atomic E-state index is 0.0267. The number of aromatic hydroxyl groups is 2. The Bertz CT molecular complexity index is 1730. The summed E-state index contributed by atoms with van der Waals surface area (Å²) in [4.78, 5) is 0. The fourth-order valence-electron chi connectivity index (χ4n) is 4.99. The molecule has 0 fully saturated rings. The van der Waals surface area contributed by atoms with Crippen molar-refractivity contribution in [1.29, 1.82) is 0 Å². The van der Waals surface area contributed by atoms with E-state index in [1.807, 2.05) is 111 Å². The van der Waals surface area contributed by atoms with Crippen LogP contribution >= 0.6 is 0 Å². The number of rotatable bonds is 9. The van der Waals surface area contributed by atoms with E-state index in [0.29, 0.717) is 44.9 Å². The minimum Gasteiger partial charge on any atom is -0.507 e. The third-order valence-corrected chi connectivity index (χ3v) is 7.11. The molecule has 0 saturated heterocycles. The SMILES string of the molecule is Cc1ccc2c(OCOc3ccccc3)cc(-c3cc(OCOc4ccccc4)c4ccc(C)cc4c3O)c(O)c2c1. The highest BCUT2D eigenvalue weighted by Crippen LogP contribution is 2.48. The summed E-state index contributed by atoms with van der Waals surface area (Å²) in [5, 5.41) is 25.8. The number of para-hydroxylation sites is 2. The van der Waals surface area contributed by atoms with Crippen LogP contribution in [0.1, 0.15) is 11.1 Å². The summed E-state index contributed by atoms with van der Waals surface area (Å²) in [6.07, 6.45) is 0. The third-order valence-electron chi connectivity index (χ3n) is 7.11. The molecule has 0 aromatic heterocycles. The van der Waals surface area contributed by atoms with E-state index >= 15 is 0 Å². The predicted molar refractivity (Wildman–Crippen MR) is 165 cm³/mol. The molecular formula is C36H30O6. The Morgan fingerprint density at radius 2 is 0.857 bits per heavy atom. The Balaban J connectivity index is 1.43. The number of ether oxygens (including phenoxy) is 4. The van der Waals surface area contributed by atoms with Crippen LogP contribution in [0.4, 0.5) is 0 Å². The molecular weight excluding hydrogens is 528 g/mol. The summed E-state index contributed by atoms with van der Waals surface area (Å²) in [5.74, 6) is 2.43. The summed E-state index contributed by atoms with van der Waals surface area (Å²) in [5.41, 5.74) is 2.75. The van der Waals surface area contributed by atoms with E-state index in [1.165, 1.54) is 0 Å². The number of phenols is 2. The molecule has 6 nitrogen and oxygen atoms in total. The van der Waals surface area contributed by atoms with E-state index < -0.39 is 0 Å². The van der Waals surface area contributed by atoms with Gasteiger partial charge in [-0.1, -0.05) is 71.8 Å². The van der Waals surface area contributed by atoms with Crippen molar-refractivity contribution in [3.8, 4) is 45.6 Å². The highest BCUT2D eigenvalue weighted by molar-refractivity contribution is 6.04. The Labute approximate surface area is 243 Å². The zero-order valence-electron chi connectivity index (χ0n) is 23.3. The molecule has 0 unspecified atom stereocenters. The van der Waals surface area contributed by atoms with Crippen LogP contribution in [0, 0.1) is 13.8 Å². The lowest BCUT2D eigenvalue weighted by atomic mass is 9.94. The molecule has 6 aromatic rings. The first-order chi connectivity index (χ1) is 20.5. The van der Waals surface area contributed by atoms with E-state index in [0.717, 1.165) is 21.9 Å². The van der Waals surface area contributed by atoms with Crippen molar-refractivity contribution in [2.45, 2.75) is 13.8 Å². The number of phenolic OH excluding ortho intramolecular Hbond substituents is 2. The predicted octanol–water partition coefficient (Wildman–Crippen LogP) is 8.52. The van der Waals surface area contributed by atoms with Gasteiger partial charge < -0.3 is 29.2 Å². The Kier molecular flexibility index (Phi) is 7.43. The fraction of sp³-hybridized carbons (Fsp3) is 0.111. The second-order valence-electron chi connectivity index (χ2n) is 10.1.